The van der Waals surface area contributed by atoms with Crippen molar-refractivity contribution in [3.05, 3.63) is 0 Å². The molecule has 10 heavy (non-hydrogen) atoms. The van der Waals surface area contributed by atoms with E-state index in [-0.39, 0.29) is 0 Å². The minimum absolute atomic E-state index is 0.875. The third-order valence-corrected chi connectivity index (χ3v) is 8.93. The first-order valence-corrected chi connectivity index (χ1v) is 6.86. The lowest BCUT2D eigenvalue weighted by atomic mass is 10.9. The molecule has 0 fully saturated rings. The normalized spacial score (nSPS) is 11.5. The van der Waals surface area contributed by atoms with Crippen LogP contribution < -0.4 is 0 Å². The largest absolute Gasteiger partial charge is 0.390 e. The minimum atomic E-state index is -0.965. The van der Waals surface area contributed by atoms with Crippen molar-refractivity contribution in [2.45, 2.75) is 20.8 Å². The number of rotatable bonds is 4. The number of thiocarbonyl (C=S) groups is 1. The summed E-state index contributed by atoms with van der Waals surface area (Å²) >= 11 is 10.2. The number of hydrogen-bond acceptors (Lipinski definition) is 2. The fourth-order valence-electron chi connectivity index (χ4n) is 1.06. The van der Waals surface area contributed by atoms with Gasteiger partial charge in [-0.15, -0.1) is 0 Å². The first-order chi connectivity index (χ1) is 4.63. The molecule has 0 atom stereocenters. The molecule has 0 heterocycles. The molecule has 0 rings (SSSR count). The van der Waals surface area contributed by atoms with Crippen LogP contribution in [0, 0.1) is 0 Å². The van der Waals surface area contributed by atoms with Crippen molar-refractivity contribution >= 4 is 36.0 Å². The van der Waals surface area contributed by atoms with E-state index in [9.17, 15) is 0 Å². The van der Waals surface area contributed by atoms with Gasteiger partial charge in [0.25, 0.3) is 0 Å². The Morgan fingerprint density at radius 3 is 1.50 bits per heavy atom. The Morgan fingerprint density at radius 1 is 1.20 bits per heavy atom. The topological polar surface area (TPSA) is 0 Å². The van der Waals surface area contributed by atoms with E-state index in [0.29, 0.717) is 0 Å². The van der Waals surface area contributed by atoms with Crippen LogP contribution in [-0.4, -0.2) is 22.4 Å². The first-order valence-electron chi connectivity index (χ1n) is 3.70. The molecule has 0 spiro atoms. The zero-order chi connectivity index (χ0) is 8.20. The maximum Gasteiger partial charge on any atom is 0.0597 e. The van der Waals surface area contributed by atoms with Gasteiger partial charge in [-0.1, -0.05) is 0 Å². The zero-order valence-electron chi connectivity index (χ0n) is 6.89. The molecule has 60 valence electrons. The van der Waals surface area contributed by atoms with E-state index >= 15 is 0 Å². The molecular weight excluding hydrogens is 179 g/mol. The maximum atomic E-state index is 5.09. The average molecular weight is 194 g/mol. The Kier molecular flexibility index (Phi) is 4.92. The van der Waals surface area contributed by atoms with Crippen LogP contribution in [0.1, 0.15) is 20.8 Å². The summed E-state index contributed by atoms with van der Waals surface area (Å²) in [5.41, 5.74) is 0. The molecule has 0 radical (unpaired) electrons. The molecule has 0 amide bonds. The van der Waals surface area contributed by atoms with Gasteiger partial charge in [0, 0.05) is 11.2 Å². The molecule has 0 saturated heterocycles. The van der Waals surface area contributed by atoms with Crippen LogP contribution in [0.2, 0.25) is 0 Å². The van der Waals surface area contributed by atoms with Crippen LogP contribution in [-0.2, 0) is 12.6 Å². The monoisotopic (exact) mass is 194 g/mol. The second-order valence-electron chi connectivity index (χ2n) is 2.36. The molecular formula is C7H15PS2. The summed E-state index contributed by atoms with van der Waals surface area (Å²) < 4.78 is 0.875. The second kappa shape index (κ2) is 4.58. The third-order valence-electron chi connectivity index (χ3n) is 2.20. The van der Waals surface area contributed by atoms with Gasteiger partial charge in [0.1, 0.15) is 0 Å². The van der Waals surface area contributed by atoms with Gasteiger partial charge in [0.2, 0.25) is 0 Å². The van der Waals surface area contributed by atoms with E-state index in [4.69, 9.17) is 24.8 Å². The van der Waals surface area contributed by atoms with Crippen LogP contribution in [0.25, 0.3) is 0 Å². The van der Waals surface area contributed by atoms with Crippen LogP contribution in [0.5, 0.6) is 0 Å². The third kappa shape index (κ3) is 2.11. The van der Waals surface area contributed by atoms with Gasteiger partial charge >= 0.3 is 0 Å². The van der Waals surface area contributed by atoms with E-state index < -0.39 is 7.26 Å². The Balaban J connectivity index is 4.31. The molecule has 3 heteroatoms. The van der Waals surface area contributed by atoms with E-state index in [2.05, 4.69) is 20.8 Å². The highest BCUT2D eigenvalue weighted by molar-refractivity contribution is 8.24. The molecule has 0 aliphatic carbocycles. The fourth-order valence-corrected chi connectivity index (χ4v) is 5.50. The standard InChI is InChI=1S/C7H15PS2/c1-4-8(5-2,6-3)7(9)10/h4-6H2,1-3H3. The van der Waals surface area contributed by atoms with Crippen molar-refractivity contribution in [1.29, 1.82) is 0 Å². The molecule has 0 nitrogen and oxygen atoms in total. The summed E-state index contributed by atoms with van der Waals surface area (Å²) in [6.07, 6.45) is 3.59. The van der Waals surface area contributed by atoms with Gasteiger partial charge in [0.15, 0.2) is 0 Å². The van der Waals surface area contributed by atoms with Crippen LogP contribution in [0.4, 0.5) is 0 Å². The lowest BCUT2D eigenvalue weighted by molar-refractivity contribution is 1.33. The molecule has 0 aliphatic heterocycles. The van der Waals surface area contributed by atoms with Crippen molar-refractivity contribution in [3.8, 4) is 0 Å². The Morgan fingerprint density at radius 2 is 1.50 bits per heavy atom. The highest BCUT2D eigenvalue weighted by atomic mass is 32.1. The van der Waals surface area contributed by atoms with Crippen LogP contribution in [0.15, 0.2) is 0 Å². The second-order valence-corrected chi connectivity index (χ2v) is 8.67. The van der Waals surface area contributed by atoms with Gasteiger partial charge in [-0.25, -0.2) is 0 Å². The van der Waals surface area contributed by atoms with E-state index in [0.717, 1.165) is 3.94 Å². The summed E-state index contributed by atoms with van der Waals surface area (Å²) in [6, 6.07) is 0. The maximum absolute atomic E-state index is 5.09. The quantitative estimate of drug-likeness (QED) is 0.383. The van der Waals surface area contributed by atoms with Crippen molar-refractivity contribution in [3.63, 3.8) is 0 Å². The molecule has 0 N–H and O–H groups in total. The van der Waals surface area contributed by atoms with Gasteiger partial charge in [-0.05, 0) is 20.8 Å². The summed E-state index contributed by atoms with van der Waals surface area (Å²) in [7, 11) is -0.965. The van der Waals surface area contributed by atoms with E-state index in [1.54, 1.807) is 0 Å². The van der Waals surface area contributed by atoms with Gasteiger partial charge < -0.3 is 24.8 Å². The molecule has 0 aliphatic rings. The predicted molar refractivity (Wildman–Crippen MR) is 58.5 cm³/mol. The summed E-state index contributed by atoms with van der Waals surface area (Å²) in [5, 5.41) is 0. The Hall–Kier alpha value is 0.740. The van der Waals surface area contributed by atoms with Crippen LogP contribution >= 0.6 is 19.5 Å². The van der Waals surface area contributed by atoms with Gasteiger partial charge in [0.05, 0.1) is 18.5 Å². The average Bonchev–Trinajstić information content (AvgIpc) is 1.92. The van der Waals surface area contributed by atoms with Crippen molar-refractivity contribution < 1.29 is 0 Å². The van der Waals surface area contributed by atoms with Gasteiger partial charge in [-0.2, -0.15) is 0 Å². The highest BCUT2D eigenvalue weighted by Crippen LogP contribution is 2.58. The summed E-state index contributed by atoms with van der Waals surface area (Å²) in [6.45, 7) is 6.62. The van der Waals surface area contributed by atoms with E-state index in [1.165, 1.54) is 18.5 Å². The predicted octanol–water partition coefficient (Wildman–Crippen LogP) is 2.90. The molecule has 0 unspecified atom stereocenters. The lowest BCUT2D eigenvalue weighted by Gasteiger charge is -2.26. The fraction of sp³-hybridized carbons (Fsp3) is 0.857. The first kappa shape index (κ1) is 10.7. The smallest absolute Gasteiger partial charge is 0.0597 e. The lowest BCUT2D eigenvalue weighted by Crippen LogP contribution is -2.09. The summed E-state index contributed by atoms with van der Waals surface area (Å²) in [4.78, 5) is 0. The van der Waals surface area contributed by atoms with Crippen molar-refractivity contribution in [2.24, 2.45) is 0 Å². The molecule has 0 saturated carbocycles. The molecule has 0 aromatic rings. The minimum Gasteiger partial charge on any atom is -0.390 e. The highest BCUT2D eigenvalue weighted by Gasteiger charge is 2.29. The van der Waals surface area contributed by atoms with Gasteiger partial charge in [-0.3, -0.25) is 0 Å². The summed E-state index contributed by atoms with van der Waals surface area (Å²) in [5.74, 6) is 0. The van der Waals surface area contributed by atoms with Crippen molar-refractivity contribution in [2.75, 3.05) is 18.5 Å². The van der Waals surface area contributed by atoms with Crippen molar-refractivity contribution in [1.82, 2.24) is 0 Å². The molecule has 0 aromatic heterocycles. The van der Waals surface area contributed by atoms with Crippen LogP contribution in [0.3, 0.4) is 0 Å². The number of hydrogen-bond donors (Lipinski definition) is 0. The molecule has 0 bridgehead atoms. The van der Waals surface area contributed by atoms with E-state index in [1.807, 2.05) is 0 Å². The zero-order valence-corrected chi connectivity index (χ0v) is 9.41. The SMILES string of the molecule is CC[P+](CC)(CC)C(=S)[S-]. The Bertz CT molecular complexity index is 111. The molecule has 0 aromatic carbocycles. The Labute approximate surface area is 75.5 Å².